The van der Waals surface area contributed by atoms with Gasteiger partial charge in [0, 0.05) is 18.7 Å². The first-order valence-electron chi connectivity index (χ1n) is 9.01. The lowest BCUT2D eigenvalue weighted by atomic mass is 9.81. The molecule has 3 rings (SSSR count). The molecule has 1 aliphatic carbocycles. The number of rotatable bonds is 4. The average Bonchev–Trinajstić information content (AvgIpc) is 2.85. The molecule has 1 heterocycles. The molecule has 1 saturated heterocycles. The zero-order chi connectivity index (χ0) is 19.8. The van der Waals surface area contributed by atoms with Crippen molar-refractivity contribution in [2.24, 2.45) is 11.8 Å². The number of nitrogens with zero attached hydrogens (tertiary/aromatic N) is 1. The molecule has 0 bridgehead atoms. The maximum atomic E-state index is 13.0. The fourth-order valence-electron chi connectivity index (χ4n) is 3.89. The Bertz CT molecular complexity index is 752. The summed E-state index contributed by atoms with van der Waals surface area (Å²) in [6, 6.07) is 3.56. The van der Waals surface area contributed by atoms with Crippen molar-refractivity contribution in [1.29, 1.82) is 0 Å². The first-order chi connectivity index (χ1) is 12.7. The summed E-state index contributed by atoms with van der Waals surface area (Å²) in [4.78, 5) is 38.0. The standard InChI is InChI=1S/C19H21F3N2O3/c1-11-6-7-12(10-15(11)19(20,21)22)23-16(25)8-9-24-17(26)13-4-2-3-5-14(13)18(24)27/h6-7,10,13-14H,2-5,8-9H2,1H3,(H,23,25). The molecule has 2 atom stereocenters. The highest BCUT2D eigenvalue weighted by Gasteiger charge is 2.47. The van der Waals surface area contributed by atoms with Crippen LogP contribution in [0, 0.1) is 18.8 Å². The Morgan fingerprint density at radius 2 is 1.74 bits per heavy atom. The van der Waals surface area contributed by atoms with Gasteiger partial charge in [-0.3, -0.25) is 19.3 Å². The number of hydrogen-bond acceptors (Lipinski definition) is 3. The molecule has 1 N–H and O–H groups in total. The van der Waals surface area contributed by atoms with Crippen molar-refractivity contribution in [2.45, 2.75) is 45.2 Å². The fourth-order valence-corrected chi connectivity index (χ4v) is 3.89. The molecular weight excluding hydrogens is 361 g/mol. The molecule has 1 aliphatic heterocycles. The number of benzene rings is 1. The summed E-state index contributed by atoms with van der Waals surface area (Å²) in [5, 5.41) is 2.41. The maximum absolute atomic E-state index is 13.0. The first-order valence-corrected chi connectivity index (χ1v) is 9.01. The van der Waals surface area contributed by atoms with E-state index in [0.717, 1.165) is 23.8 Å². The first kappa shape index (κ1) is 19.4. The van der Waals surface area contributed by atoms with E-state index in [1.807, 2.05) is 0 Å². The normalized spacial score (nSPS) is 22.7. The molecular formula is C19H21F3N2O3. The van der Waals surface area contributed by atoms with E-state index in [-0.39, 0.29) is 47.9 Å². The van der Waals surface area contributed by atoms with E-state index in [9.17, 15) is 27.6 Å². The van der Waals surface area contributed by atoms with Crippen LogP contribution in [-0.4, -0.2) is 29.2 Å². The van der Waals surface area contributed by atoms with E-state index in [4.69, 9.17) is 0 Å². The number of likely N-dealkylation sites (tertiary alicyclic amines) is 1. The number of halogens is 3. The smallest absolute Gasteiger partial charge is 0.326 e. The molecule has 1 aromatic rings. The predicted molar refractivity (Wildman–Crippen MR) is 91.6 cm³/mol. The second-order valence-electron chi connectivity index (χ2n) is 7.15. The molecule has 0 aromatic heterocycles. The van der Waals surface area contributed by atoms with E-state index in [0.29, 0.717) is 12.8 Å². The van der Waals surface area contributed by atoms with Crippen molar-refractivity contribution in [3.8, 4) is 0 Å². The highest BCUT2D eigenvalue weighted by Crippen LogP contribution is 2.38. The Hall–Kier alpha value is -2.38. The van der Waals surface area contributed by atoms with Crippen LogP contribution in [0.15, 0.2) is 18.2 Å². The van der Waals surface area contributed by atoms with Crippen molar-refractivity contribution >= 4 is 23.4 Å². The van der Waals surface area contributed by atoms with Gasteiger partial charge in [0.15, 0.2) is 0 Å². The van der Waals surface area contributed by atoms with Gasteiger partial charge in [-0.1, -0.05) is 18.9 Å². The highest BCUT2D eigenvalue weighted by atomic mass is 19.4. The number of nitrogens with one attached hydrogen (secondary N) is 1. The topological polar surface area (TPSA) is 66.5 Å². The van der Waals surface area contributed by atoms with E-state index < -0.39 is 17.6 Å². The van der Waals surface area contributed by atoms with E-state index in [1.165, 1.54) is 19.1 Å². The van der Waals surface area contributed by atoms with Gasteiger partial charge < -0.3 is 5.32 Å². The largest absolute Gasteiger partial charge is 0.416 e. The van der Waals surface area contributed by atoms with Crippen molar-refractivity contribution in [2.75, 3.05) is 11.9 Å². The summed E-state index contributed by atoms with van der Waals surface area (Å²) >= 11 is 0. The molecule has 2 aliphatic rings. The lowest BCUT2D eigenvalue weighted by molar-refractivity contribution is -0.140. The van der Waals surface area contributed by atoms with E-state index >= 15 is 0 Å². The number of hydrogen-bond donors (Lipinski definition) is 1. The second kappa shape index (κ2) is 7.32. The number of carbonyl (C=O) groups is 3. The molecule has 5 nitrogen and oxygen atoms in total. The van der Waals surface area contributed by atoms with Crippen molar-refractivity contribution in [1.82, 2.24) is 4.90 Å². The summed E-state index contributed by atoms with van der Waals surface area (Å²) in [6.07, 6.45) is -1.42. The van der Waals surface area contributed by atoms with Crippen LogP contribution >= 0.6 is 0 Å². The molecule has 3 amide bonds. The Morgan fingerprint density at radius 3 is 2.30 bits per heavy atom. The van der Waals surface area contributed by atoms with Crippen LogP contribution in [0.3, 0.4) is 0 Å². The predicted octanol–water partition coefficient (Wildman–Crippen LogP) is 3.52. The average molecular weight is 382 g/mol. The van der Waals surface area contributed by atoms with E-state index in [2.05, 4.69) is 5.32 Å². The summed E-state index contributed by atoms with van der Waals surface area (Å²) in [5.74, 6) is -1.55. The lowest BCUT2D eigenvalue weighted by Gasteiger charge is -2.19. The van der Waals surface area contributed by atoms with Gasteiger partial charge in [0.25, 0.3) is 0 Å². The maximum Gasteiger partial charge on any atom is 0.416 e. The fraction of sp³-hybridized carbons (Fsp3) is 0.526. The summed E-state index contributed by atoms with van der Waals surface area (Å²) in [5.41, 5.74) is -0.712. The zero-order valence-corrected chi connectivity index (χ0v) is 14.9. The Morgan fingerprint density at radius 1 is 1.15 bits per heavy atom. The van der Waals surface area contributed by atoms with E-state index in [1.54, 1.807) is 0 Å². The quantitative estimate of drug-likeness (QED) is 0.811. The highest BCUT2D eigenvalue weighted by molar-refractivity contribution is 6.05. The Kier molecular flexibility index (Phi) is 5.26. The van der Waals surface area contributed by atoms with Crippen LogP contribution in [0.1, 0.15) is 43.2 Å². The van der Waals surface area contributed by atoms with Gasteiger partial charge in [-0.2, -0.15) is 13.2 Å². The van der Waals surface area contributed by atoms with Crippen LogP contribution in [0.5, 0.6) is 0 Å². The third kappa shape index (κ3) is 3.99. The van der Waals surface area contributed by atoms with Gasteiger partial charge in [0.2, 0.25) is 17.7 Å². The molecule has 8 heteroatoms. The summed E-state index contributed by atoms with van der Waals surface area (Å²) in [6.45, 7) is 1.30. The Labute approximate surface area is 154 Å². The molecule has 0 radical (unpaired) electrons. The Balaban J connectivity index is 1.60. The third-order valence-corrected chi connectivity index (χ3v) is 5.32. The van der Waals surface area contributed by atoms with Crippen molar-refractivity contribution in [3.05, 3.63) is 29.3 Å². The molecule has 146 valence electrons. The summed E-state index contributed by atoms with van der Waals surface area (Å²) in [7, 11) is 0. The van der Waals surface area contributed by atoms with Crippen LogP contribution in [0.4, 0.5) is 18.9 Å². The van der Waals surface area contributed by atoms with Crippen LogP contribution < -0.4 is 5.32 Å². The van der Waals surface area contributed by atoms with Crippen LogP contribution in [0.2, 0.25) is 0 Å². The van der Waals surface area contributed by atoms with Crippen LogP contribution in [0.25, 0.3) is 0 Å². The minimum Gasteiger partial charge on any atom is -0.326 e. The number of carbonyl (C=O) groups excluding carboxylic acids is 3. The minimum atomic E-state index is -4.50. The number of imide groups is 1. The molecule has 0 spiro atoms. The van der Waals surface area contributed by atoms with Gasteiger partial charge >= 0.3 is 6.18 Å². The number of anilines is 1. The summed E-state index contributed by atoms with van der Waals surface area (Å²) < 4.78 is 38.9. The van der Waals surface area contributed by atoms with Crippen LogP contribution in [-0.2, 0) is 20.6 Å². The zero-order valence-electron chi connectivity index (χ0n) is 14.9. The number of amides is 3. The van der Waals surface area contributed by atoms with Gasteiger partial charge in [0.05, 0.1) is 17.4 Å². The molecule has 1 saturated carbocycles. The molecule has 27 heavy (non-hydrogen) atoms. The second-order valence-corrected chi connectivity index (χ2v) is 7.15. The molecule has 1 aromatic carbocycles. The molecule has 2 unspecified atom stereocenters. The van der Waals surface area contributed by atoms with Gasteiger partial charge in [-0.15, -0.1) is 0 Å². The minimum absolute atomic E-state index is 0.0330. The van der Waals surface area contributed by atoms with Gasteiger partial charge in [0.1, 0.15) is 0 Å². The van der Waals surface area contributed by atoms with Gasteiger partial charge in [-0.05, 0) is 37.5 Å². The third-order valence-electron chi connectivity index (χ3n) is 5.32. The molecule has 2 fully saturated rings. The SMILES string of the molecule is Cc1ccc(NC(=O)CCN2C(=O)C3CCCCC3C2=O)cc1C(F)(F)F. The van der Waals surface area contributed by atoms with Crippen molar-refractivity contribution < 1.29 is 27.6 Å². The number of aryl methyl sites for hydroxylation is 1. The van der Waals surface area contributed by atoms with Crippen molar-refractivity contribution in [3.63, 3.8) is 0 Å². The number of alkyl halides is 3. The monoisotopic (exact) mass is 382 g/mol. The van der Waals surface area contributed by atoms with Gasteiger partial charge in [-0.25, -0.2) is 0 Å². The number of fused-ring (bicyclic) bond motifs is 1. The lowest BCUT2D eigenvalue weighted by Crippen LogP contribution is -2.34.